The normalized spacial score (nSPS) is 37.1. The molecule has 3 heteroatoms. The summed E-state index contributed by atoms with van der Waals surface area (Å²) in [7, 11) is 0. The van der Waals surface area contributed by atoms with Gasteiger partial charge in [-0.2, -0.15) is 0 Å². The fourth-order valence-electron chi connectivity index (χ4n) is 1.45. The molecule has 3 atom stereocenters. The highest BCUT2D eigenvalue weighted by molar-refractivity contribution is 4.75. The number of aliphatic hydroxyl groups is 1. The Kier molecular flexibility index (Phi) is 2.87. The van der Waals surface area contributed by atoms with Crippen molar-refractivity contribution in [2.75, 3.05) is 13.2 Å². The molecule has 0 spiro atoms. The molecule has 1 saturated heterocycles. The van der Waals surface area contributed by atoms with Gasteiger partial charge >= 0.3 is 0 Å². The van der Waals surface area contributed by atoms with Crippen molar-refractivity contribution in [2.24, 2.45) is 0 Å². The Hall–Kier alpha value is -0.120. The summed E-state index contributed by atoms with van der Waals surface area (Å²) in [5, 5.41) is 9.34. The lowest BCUT2D eigenvalue weighted by Crippen LogP contribution is -2.51. The Bertz CT molecular complexity index is 127. The number of nitrogens with zero attached hydrogens (tertiary/aromatic N) is 1. The molecule has 11 heavy (non-hydrogen) atoms. The van der Waals surface area contributed by atoms with Crippen LogP contribution in [-0.4, -0.2) is 41.5 Å². The van der Waals surface area contributed by atoms with E-state index in [0.717, 1.165) is 13.2 Å². The third kappa shape index (κ3) is 2.15. The van der Waals surface area contributed by atoms with Gasteiger partial charge < -0.3 is 9.84 Å². The van der Waals surface area contributed by atoms with Crippen LogP contribution in [0, 0.1) is 0 Å². The van der Waals surface area contributed by atoms with Crippen molar-refractivity contribution in [3.05, 3.63) is 0 Å². The number of hydrogen-bond donors (Lipinski definition) is 1. The zero-order chi connectivity index (χ0) is 8.43. The maximum Gasteiger partial charge on any atom is 0.104 e. The van der Waals surface area contributed by atoms with Gasteiger partial charge in [-0.1, -0.05) is 0 Å². The molecule has 1 aliphatic rings. The zero-order valence-corrected chi connectivity index (χ0v) is 7.45. The highest BCUT2D eigenvalue weighted by Gasteiger charge is 2.25. The number of hydrogen-bond acceptors (Lipinski definition) is 3. The zero-order valence-electron chi connectivity index (χ0n) is 7.45. The molecule has 1 fully saturated rings. The molecule has 0 aliphatic carbocycles. The molecule has 0 saturated carbocycles. The molecule has 0 aromatic heterocycles. The second-order valence-corrected chi connectivity index (χ2v) is 3.32. The Balaban J connectivity index is 2.47. The van der Waals surface area contributed by atoms with Gasteiger partial charge in [0, 0.05) is 12.6 Å². The summed E-state index contributed by atoms with van der Waals surface area (Å²) in [4.78, 5) is 2.05. The summed E-state index contributed by atoms with van der Waals surface area (Å²) in [5.41, 5.74) is 0. The van der Waals surface area contributed by atoms with Crippen molar-refractivity contribution in [3.63, 3.8) is 0 Å². The quantitative estimate of drug-likeness (QED) is 0.602. The minimum absolute atomic E-state index is 0.251. The van der Waals surface area contributed by atoms with Gasteiger partial charge in [-0.3, -0.25) is 4.90 Å². The Morgan fingerprint density at radius 3 is 2.64 bits per heavy atom. The third-order valence-corrected chi connectivity index (χ3v) is 2.14. The van der Waals surface area contributed by atoms with E-state index >= 15 is 0 Å². The first kappa shape index (κ1) is 8.97. The van der Waals surface area contributed by atoms with Crippen LogP contribution >= 0.6 is 0 Å². The van der Waals surface area contributed by atoms with Crippen molar-refractivity contribution in [3.8, 4) is 0 Å². The van der Waals surface area contributed by atoms with E-state index in [4.69, 9.17) is 4.74 Å². The topological polar surface area (TPSA) is 32.7 Å². The monoisotopic (exact) mass is 159 g/mol. The van der Waals surface area contributed by atoms with Crippen molar-refractivity contribution in [2.45, 2.75) is 39.1 Å². The molecule has 1 aliphatic heterocycles. The molecular weight excluding hydrogens is 142 g/mol. The van der Waals surface area contributed by atoms with Crippen LogP contribution in [0.4, 0.5) is 0 Å². The molecule has 1 heterocycles. The molecule has 0 aromatic rings. The van der Waals surface area contributed by atoms with E-state index in [2.05, 4.69) is 6.92 Å². The lowest BCUT2D eigenvalue weighted by atomic mass is 10.2. The molecule has 3 nitrogen and oxygen atoms in total. The second kappa shape index (κ2) is 3.52. The molecule has 0 aromatic carbocycles. The standard InChI is InChI=1S/C8H17NO2/c1-6-5-11-7(2)4-9(6)8(3)10/h6-8,10H,4-5H2,1-3H3/t6?,7?,8-/m1/s1. The van der Waals surface area contributed by atoms with Gasteiger partial charge in [-0.25, -0.2) is 0 Å². The van der Waals surface area contributed by atoms with Gasteiger partial charge in [0.25, 0.3) is 0 Å². The average molecular weight is 159 g/mol. The van der Waals surface area contributed by atoms with Gasteiger partial charge in [-0.05, 0) is 20.8 Å². The lowest BCUT2D eigenvalue weighted by molar-refractivity contribution is -0.109. The van der Waals surface area contributed by atoms with Crippen molar-refractivity contribution in [1.29, 1.82) is 0 Å². The van der Waals surface area contributed by atoms with Crippen LogP contribution < -0.4 is 0 Å². The average Bonchev–Trinajstić information content (AvgIpc) is 1.94. The molecule has 1 N–H and O–H groups in total. The number of morpholine rings is 1. The van der Waals surface area contributed by atoms with Crippen molar-refractivity contribution >= 4 is 0 Å². The highest BCUT2D eigenvalue weighted by atomic mass is 16.5. The summed E-state index contributed by atoms with van der Waals surface area (Å²) in [6.07, 6.45) is -0.0999. The predicted octanol–water partition coefficient (Wildman–Crippen LogP) is 0.434. The highest BCUT2D eigenvalue weighted by Crippen LogP contribution is 2.12. The van der Waals surface area contributed by atoms with Crippen LogP contribution in [0.15, 0.2) is 0 Å². The van der Waals surface area contributed by atoms with Crippen molar-refractivity contribution < 1.29 is 9.84 Å². The molecular formula is C8H17NO2. The van der Waals surface area contributed by atoms with Crippen LogP contribution in [0.3, 0.4) is 0 Å². The van der Waals surface area contributed by atoms with Gasteiger partial charge in [0.1, 0.15) is 6.23 Å². The SMILES string of the molecule is CC1CN([C@@H](C)O)C(C)CO1. The Labute approximate surface area is 68.0 Å². The summed E-state index contributed by atoms with van der Waals surface area (Å²) >= 11 is 0. The van der Waals surface area contributed by atoms with E-state index in [9.17, 15) is 5.11 Å². The summed E-state index contributed by atoms with van der Waals surface area (Å²) in [6, 6.07) is 0.339. The maximum atomic E-state index is 9.34. The Morgan fingerprint density at radius 1 is 1.55 bits per heavy atom. The fourth-order valence-corrected chi connectivity index (χ4v) is 1.45. The smallest absolute Gasteiger partial charge is 0.104 e. The first-order valence-electron chi connectivity index (χ1n) is 4.16. The first-order chi connectivity index (χ1) is 5.11. The predicted molar refractivity (Wildman–Crippen MR) is 43.3 cm³/mol. The lowest BCUT2D eigenvalue weighted by Gasteiger charge is -2.38. The van der Waals surface area contributed by atoms with Crippen LogP contribution in [0.5, 0.6) is 0 Å². The van der Waals surface area contributed by atoms with Gasteiger partial charge in [-0.15, -0.1) is 0 Å². The minimum Gasteiger partial charge on any atom is -0.379 e. The van der Waals surface area contributed by atoms with Gasteiger partial charge in [0.2, 0.25) is 0 Å². The Morgan fingerprint density at radius 2 is 2.18 bits per heavy atom. The number of rotatable bonds is 1. The fraction of sp³-hybridized carbons (Fsp3) is 1.00. The summed E-state index contributed by atoms with van der Waals surface area (Å²) < 4.78 is 5.42. The van der Waals surface area contributed by atoms with E-state index in [1.165, 1.54) is 0 Å². The summed E-state index contributed by atoms with van der Waals surface area (Å²) in [5.74, 6) is 0. The number of ether oxygens (including phenoxy) is 1. The van der Waals surface area contributed by atoms with E-state index in [1.807, 2.05) is 11.8 Å². The van der Waals surface area contributed by atoms with Crippen LogP contribution in [-0.2, 0) is 4.74 Å². The van der Waals surface area contributed by atoms with Crippen LogP contribution in [0.1, 0.15) is 20.8 Å². The molecule has 2 unspecified atom stereocenters. The molecule has 0 bridgehead atoms. The van der Waals surface area contributed by atoms with Crippen molar-refractivity contribution in [1.82, 2.24) is 4.90 Å². The minimum atomic E-state index is -0.351. The molecule has 66 valence electrons. The van der Waals surface area contributed by atoms with E-state index in [1.54, 1.807) is 6.92 Å². The molecule has 0 amide bonds. The summed E-state index contributed by atoms with van der Waals surface area (Å²) in [6.45, 7) is 7.46. The first-order valence-corrected chi connectivity index (χ1v) is 4.16. The van der Waals surface area contributed by atoms with Crippen LogP contribution in [0.2, 0.25) is 0 Å². The number of aliphatic hydroxyl groups excluding tert-OH is 1. The molecule has 1 rings (SSSR count). The van der Waals surface area contributed by atoms with E-state index in [-0.39, 0.29) is 12.3 Å². The second-order valence-electron chi connectivity index (χ2n) is 3.32. The van der Waals surface area contributed by atoms with Crippen LogP contribution in [0.25, 0.3) is 0 Å². The van der Waals surface area contributed by atoms with E-state index < -0.39 is 0 Å². The van der Waals surface area contributed by atoms with Gasteiger partial charge in [0.05, 0.1) is 12.7 Å². The molecule has 0 radical (unpaired) electrons. The largest absolute Gasteiger partial charge is 0.379 e. The maximum absolute atomic E-state index is 9.34. The van der Waals surface area contributed by atoms with E-state index in [0.29, 0.717) is 6.04 Å². The van der Waals surface area contributed by atoms with Gasteiger partial charge in [0.15, 0.2) is 0 Å². The third-order valence-electron chi connectivity index (χ3n) is 2.14.